The Balaban J connectivity index is 1.86. The first-order valence-corrected chi connectivity index (χ1v) is 9.74. The zero-order chi connectivity index (χ0) is 19.1. The number of aromatic nitrogens is 2. The lowest BCUT2D eigenvalue weighted by atomic mass is 10.1. The Morgan fingerprint density at radius 2 is 1.78 bits per heavy atom. The molecule has 1 aromatic heterocycles. The maximum Gasteiger partial charge on any atom is 0.242 e. The van der Waals surface area contributed by atoms with Crippen LogP contribution in [0.5, 0.6) is 0 Å². The molecule has 2 amide bonds. The van der Waals surface area contributed by atoms with Gasteiger partial charge in [-0.1, -0.05) is 37.5 Å². The average Bonchev–Trinajstić information content (AvgIpc) is 3.15. The Hall–Kier alpha value is -2.63. The van der Waals surface area contributed by atoms with Gasteiger partial charge in [-0.3, -0.25) is 9.59 Å². The fourth-order valence-corrected chi connectivity index (χ4v) is 3.59. The molecule has 1 aromatic carbocycles. The molecule has 0 bridgehead atoms. The van der Waals surface area contributed by atoms with E-state index in [-0.39, 0.29) is 11.8 Å². The Kier molecular flexibility index (Phi) is 6.63. The van der Waals surface area contributed by atoms with Crippen molar-refractivity contribution >= 4 is 17.5 Å². The van der Waals surface area contributed by atoms with Gasteiger partial charge in [0.1, 0.15) is 6.54 Å². The number of amides is 2. The predicted molar refractivity (Wildman–Crippen MR) is 105 cm³/mol. The highest BCUT2D eigenvalue weighted by Gasteiger charge is 2.20. The summed E-state index contributed by atoms with van der Waals surface area (Å²) in [5, 5.41) is 0. The van der Waals surface area contributed by atoms with E-state index in [9.17, 15) is 9.59 Å². The first-order chi connectivity index (χ1) is 13.1. The standard InChI is InChI=1S/C21H28N4O2/c1-18(26)25-13-8-4-2-3-7-12-24(15-19-9-5-6-10-20(19)25)21(27)16-23-14-11-22-17-23/h5-6,9-11,14,17H,2-4,7-8,12-13,15-16H2,1H3. The summed E-state index contributed by atoms with van der Waals surface area (Å²) in [6, 6.07) is 7.94. The number of rotatable bonds is 2. The molecule has 3 rings (SSSR count). The van der Waals surface area contributed by atoms with Gasteiger partial charge in [0, 0.05) is 44.6 Å². The number of anilines is 1. The van der Waals surface area contributed by atoms with E-state index >= 15 is 0 Å². The van der Waals surface area contributed by atoms with Crippen molar-refractivity contribution in [1.29, 1.82) is 0 Å². The van der Waals surface area contributed by atoms with Gasteiger partial charge in [0.15, 0.2) is 0 Å². The Bertz CT molecular complexity index is 757. The molecule has 0 unspecified atom stereocenters. The minimum Gasteiger partial charge on any atom is -0.337 e. The highest BCUT2D eigenvalue weighted by molar-refractivity contribution is 5.92. The number of imidazole rings is 1. The molecule has 1 aliphatic rings. The zero-order valence-electron chi connectivity index (χ0n) is 16.0. The average molecular weight is 368 g/mol. The second-order valence-corrected chi connectivity index (χ2v) is 7.12. The minimum atomic E-state index is 0.0517. The molecule has 6 nitrogen and oxygen atoms in total. The fraction of sp³-hybridized carbons (Fsp3) is 0.476. The lowest BCUT2D eigenvalue weighted by molar-refractivity contribution is -0.132. The van der Waals surface area contributed by atoms with Crippen molar-refractivity contribution in [3.63, 3.8) is 0 Å². The van der Waals surface area contributed by atoms with E-state index in [0.717, 1.165) is 56.4 Å². The molecule has 2 heterocycles. The van der Waals surface area contributed by atoms with Crippen LogP contribution in [0.3, 0.4) is 0 Å². The number of fused-ring (bicyclic) bond motifs is 1. The van der Waals surface area contributed by atoms with Gasteiger partial charge in [-0.15, -0.1) is 0 Å². The van der Waals surface area contributed by atoms with Crippen LogP contribution < -0.4 is 4.90 Å². The molecule has 0 saturated heterocycles. The van der Waals surface area contributed by atoms with Crippen molar-refractivity contribution in [3.8, 4) is 0 Å². The molecule has 6 heteroatoms. The van der Waals surface area contributed by atoms with Gasteiger partial charge in [0.2, 0.25) is 11.8 Å². The van der Waals surface area contributed by atoms with Crippen molar-refractivity contribution in [2.75, 3.05) is 18.0 Å². The van der Waals surface area contributed by atoms with Crippen LogP contribution in [0.1, 0.15) is 44.6 Å². The number of para-hydroxylation sites is 1. The summed E-state index contributed by atoms with van der Waals surface area (Å²) < 4.78 is 1.80. The van der Waals surface area contributed by atoms with E-state index in [1.807, 2.05) is 34.1 Å². The van der Waals surface area contributed by atoms with Gasteiger partial charge in [0.25, 0.3) is 0 Å². The Morgan fingerprint density at radius 1 is 1.04 bits per heavy atom. The Labute approximate surface area is 160 Å². The van der Waals surface area contributed by atoms with E-state index in [1.165, 1.54) is 0 Å². The first-order valence-electron chi connectivity index (χ1n) is 9.74. The predicted octanol–water partition coefficient (Wildman–Crippen LogP) is 3.23. The number of nitrogens with zero attached hydrogens (tertiary/aromatic N) is 4. The highest BCUT2D eigenvalue weighted by atomic mass is 16.2. The van der Waals surface area contributed by atoms with Crippen LogP contribution in [0.4, 0.5) is 5.69 Å². The first kappa shape index (κ1) is 19.1. The smallest absolute Gasteiger partial charge is 0.242 e. The van der Waals surface area contributed by atoms with Crippen molar-refractivity contribution < 1.29 is 9.59 Å². The molecular formula is C21H28N4O2. The minimum absolute atomic E-state index is 0.0517. The summed E-state index contributed by atoms with van der Waals surface area (Å²) >= 11 is 0. The maximum absolute atomic E-state index is 12.9. The molecule has 1 aliphatic heterocycles. The van der Waals surface area contributed by atoms with Crippen LogP contribution in [0.25, 0.3) is 0 Å². The number of carbonyl (C=O) groups excluding carboxylic acids is 2. The second-order valence-electron chi connectivity index (χ2n) is 7.12. The molecule has 2 aromatic rings. The van der Waals surface area contributed by atoms with Gasteiger partial charge < -0.3 is 14.4 Å². The van der Waals surface area contributed by atoms with E-state index in [0.29, 0.717) is 13.1 Å². The third-order valence-corrected chi connectivity index (χ3v) is 5.06. The van der Waals surface area contributed by atoms with E-state index in [4.69, 9.17) is 0 Å². The van der Waals surface area contributed by atoms with Gasteiger partial charge in [-0.25, -0.2) is 4.98 Å². The number of hydrogen-bond donors (Lipinski definition) is 0. The third-order valence-electron chi connectivity index (χ3n) is 5.06. The number of benzene rings is 1. The van der Waals surface area contributed by atoms with Crippen molar-refractivity contribution in [2.45, 2.75) is 52.1 Å². The van der Waals surface area contributed by atoms with Crippen LogP contribution in [0, 0.1) is 0 Å². The zero-order valence-corrected chi connectivity index (χ0v) is 16.0. The summed E-state index contributed by atoms with van der Waals surface area (Å²) in [5.74, 6) is 0.130. The fourth-order valence-electron chi connectivity index (χ4n) is 3.59. The van der Waals surface area contributed by atoms with Crippen LogP contribution in [-0.4, -0.2) is 39.4 Å². The summed E-state index contributed by atoms with van der Waals surface area (Å²) in [6.07, 6.45) is 10.5. The van der Waals surface area contributed by atoms with E-state index < -0.39 is 0 Å². The molecule has 0 radical (unpaired) electrons. The number of hydrogen-bond acceptors (Lipinski definition) is 3. The Morgan fingerprint density at radius 3 is 2.52 bits per heavy atom. The lowest BCUT2D eigenvalue weighted by Crippen LogP contribution is -2.36. The quantitative estimate of drug-likeness (QED) is 0.818. The van der Waals surface area contributed by atoms with Gasteiger partial charge in [-0.05, 0) is 24.5 Å². The van der Waals surface area contributed by atoms with Crippen molar-refractivity contribution in [3.05, 3.63) is 48.5 Å². The third kappa shape index (κ3) is 5.18. The van der Waals surface area contributed by atoms with Crippen LogP contribution in [-0.2, 0) is 22.7 Å². The summed E-state index contributed by atoms with van der Waals surface area (Å²) in [5.41, 5.74) is 1.94. The maximum atomic E-state index is 12.9. The van der Waals surface area contributed by atoms with Gasteiger partial charge >= 0.3 is 0 Å². The SMILES string of the molecule is CC(=O)N1CCCCCCCN(C(=O)Cn2ccnc2)Cc2ccccc21. The molecule has 144 valence electrons. The van der Waals surface area contributed by atoms with Crippen LogP contribution >= 0.6 is 0 Å². The van der Waals surface area contributed by atoms with E-state index in [1.54, 1.807) is 30.2 Å². The molecule has 0 aliphatic carbocycles. The molecule has 0 saturated carbocycles. The molecule has 0 atom stereocenters. The van der Waals surface area contributed by atoms with E-state index in [2.05, 4.69) is 4.98 Å². The van der Waals surface area contributed by atoms with Crippen LogP contribution in [0.15, 0.2) is 43.0 Å². The van der Waals surface area contributed by atoms with Crippen molar-refractivity contribution in [2.24, 2.45) is 0 Å². The second kappa shape index (κ2) is 9.35. The molecule has 0 fully saturated rings. The van der Waals surface area contributed by atoms with Crippen LogP contribution in [0.2, 0.25) is 0 Å². The molecule has 0 N–H and O–H groups in total. The summed E-state index contributed by atoms with van der Waals surface area (Å²) in [7, 11) is 0. The monoisotopic (exact) mass is 368 g/mol. The van der Waals surface area contributed by atoms with Gasteiger partial charge in [0.05, 0.1) is 6.33 Å². The normalized spacial score (nSPS) is 16.2. The molecule has 0 spiro atoms. The topological polar surface area (TPSA) is 58.4 Å². The lowest BCUT2D eigenvalue weighted by Gasteiger charge is -2.29. The molecular weight excluding hydrogens is 340 g/mol. The number of carbonyl (C=O) groups is 2. The largest absolute Gasteiger partial charge is 0.337 e. The molecule has 27 heavy (non-hydrogen) atoms. The summed E-state index contributed by atoms with van der Waals surface area (Å²) in [6.45, 7) is 3.90. The van der Waals surface area contributed by atoms with Crippen molar-refractivity contribution in [1.82, 2.24) is 14.5 Å². The van der Waals surface area contributed by atoms with Gasteiger partial charge in [-0.2, -0.15) is 0 Å². The highest BCUT2D eigenvalue weighted by Crippen LogP contribution is 2.24. The summed E-state index contributed by atoms with van der Waals surface area (Å²) in [4.78, 5) is 32.9.